The first kappa shape index (κ1) is 14.9. The van der Waals surface area contributed by atoms with Gasteiger partial charge >= 0.3 is 0 Å². The third kappa shape index (κ3) is 3.16. The lowest BCUT2D eigenvalue weighted by Gasteiger charge is -2.19. The van der Waals surface area contributed by atoms with Crippen molar-refractivity contribution in [2.45, 2.75) is 32.9 Å². The minimum absolute atomic E-state index is 0.279. The topological polar surface area (TPSA) is 42.7 Å². The zero-order chi connectivity index (χ0) is 14.5. The van der Waals surface area contributed by atoms with E-state index in [2.05, 4.69) is 22.6 Å². The standard InChI is InChI=1S/C14H18ClFN4/c1-3-7-20-13(9-18-19-20)14(17-4-2)11-6-5-10(15)8-12(11)16/h5-6,8-9,14,17H,3-4,7H2,1-2H3. The van der Waals surface area contributed by atoms with Crippen molar-refractivity contribution in [3.8, 4) is 0 Å². The predicted molar refractivity (Wildman–Crippen MR) is 77.2 cm³/mol. The van der Waals surface area contributed by atoms with Crippen molar-refractivity contribution in [2.24, 2.45) is 0 Å². The maximum atomic E-state index is 14.2. The summed E-state index contributed by atoms with van der Waals surface area (Å²) in [6, 6.07) is 4.45. The van der Waals surface area contributed by atoms with Crippen molar-refractivity contribution in [1.82, 2.24) is 20.3 Å². The van der Waals surface area contributed by atoms with Crippen molar-refractivity contribution in [1.29, 1.82) is 0 Å². The normalized spacial score (nSPS) is 12.6. The molecule has 0 fully saturated rings. The highest BCUT2D eigenvalue weighted by Gasteiger charge is 2.21. The molecule has 1 unspecified atom stereocenters. The van der Waals surface area contributed by atoms with E-state index in [0.29, 0.717) is 17.1 Å². The van der Waals surface area contributed by atoms with Gasteiger partial charge in [-0.05, 0) is 25.1 Å². The second-order valence-corrected chi connectivity index (χ2v) is 4.97. The molecule has 4 nitrogen and oxygen atoms in total. The summed E-state index contributed by atoms with van der Waals surface area (Å²) in [5.41, 5.74) is 1.41. The number of benzene rings is 1. The highest BCUT2D eigenvalue weighted by atomic mass is 35.5. The fourth-order valence-electron chi connectivity index (χ4n) is 2.19. The van der Waals surface area contributed by atoms with Crippen LogP contribution < -0.4 is 5.32 Å². The fraction of sp³-hybridized carbons (Fsp3) is 0.429. The minimum Gasteiger partial charge on any atom is -0.305 e. The van der Waals surface area contributed by atoms with E-state index in [9.17, 15) is 4.39 Å². The molecular weight excluding hydrogens is 279 g/mol. The number of aromatic nitrogens is 3. The number of nitrogens with zero attached hydrogens (tertiary/aromatic N) is 3. The molecule has 6 heteroatoms. The molecule has 0 amide bonds. The summed E-state index contributed by atoms with van der Waals surface area (Å²) in [6.45, 7) is 5.52. The van der Waals surface area contributed by atoms with Gasteiger partial charge in [-0.25, -0.2) is 9.07 Å². The van der Waals surface area contributed by atoms with Gasteiger partial charge in [0.2, 0.25) is 0 Å². The summed E-state index contributed by atoms with van der Waals surface area (Å²) in [6.07, 6.45) is 2.62. The average molecular weight is 297 g/mol. The Labute approximate surface area is 122 Å². The fourth-order valence-corrected chi connectivity index (χ4v) is 2.35. The summed E-state index contributed by atoms with van der Waals surface area (Å²) < 4.78 is 16.0. The van der Waals surface area contributed by atoms with Crippen LogP contribution in [0, 0.1) is 5.82 Å². The molecule has 0 spiro atoms. The van der Waals surface area contributed by atoms with Gasteiger partial charge in [0.25, 0.3) is 0 Å². The van der Waals surface area contributed by atoms with Gasteiger partial charge in [0.1, 0.15) is 5.82 Å². The van der Waals surface area contributed by atoms with Crippen LogP contribution in [0.25, 0.3) is 0 Å². The highest BCUT2D eigenvalue weighted by Crippen LogP contribution is 2.26. The van der Waals surface area contributed by atoms with Gasteiger partial charge in [-0.1, -0.05) is 36.7 Å². The van der Waals surface area contributed by atoms with E-state index >= 15 is 0 Å². The van der Waals surface area contributed by atoms with Gasteiger partial charge < -0.3 is 5.32 Å². The van der Waals surface area contributed by atoms with Crippen molar-refractivity contribution >= 4 is 11.6 Å². The van der Waals surface area contributed by atoms with Crippen LogP contribution in [-0.4, -0.2) is 21.5 Å². The van der Waals surface area contributed by atoms with E-state index in [1.165, 1.54) is 6.07 Å². The highest BCUT2D eigenvalue weighted by molar-refractivity contribution is 6.30. The van der Waals surface area contributed by atoms with Gasteiger partial charge in [0, 0.05) is 17.1 Å². The quantitative estimate of drug-likeness (QED) is 0.890. The number of hydrogen-bond acceptors (Lipinski definition) is 3. The monoisotopic (exact) mass is 296 g/mol. The largest absolute Gasteiger partial charge is 0.305 e. The Morgan fingerprint density at radius 1 is 1.40 bits per heavy atom. The molecule has 1 aromatic carbocycles. The third-order valence-electron chi connectivity index (χ3n) is 3.06. The van der Waals surface area contributed by atoms with Crippen LogP contribution in [0.5, 0.6) is 0 Å². The summed E-state index contributed by atoms with van der Waals surface area (Å²) >= 11 is 5.81. The van der Waals surface area contributed by atoms with E-state index in [1.54, 1.807) is 23.0 Å². The molecule has 1 N–H and O–H groups in total. The van der Waals surface area contributed by atoms with Crippen LogP contribution in [0.1, 0.15) is 37.6 Å². The lowest BCUT2D eigenvalue weighted by Crippen LogP contribution is -2.25. The van der Waals surface area contributed by atoms with Crippen LogP contribution in [0.3, 0.4) is 0 Å². The smallest absolute Gasteiger partial charge is 0.129 e. The Balaban J connectivity index is 2.42. The van der Waals surface area contributed by atoms with Crippen LogP contribution in [0.4, 0.5) is 4.39 Å². The molecule has 0 saturated heterocycles. The molecule has 2 rings (SSSR count). The van der Waals surface area contributed by atoms with Crippen molar-refractivity contribution in [2.75, 3.05) is 6.54 Å². The number of rotatable bonds is 6. The Kier molecular flexibility index (Phi) is 5.09. The zero-order valence-electron chi connectivity index (χ0n) is 11.6. The number of nitrogens with one attached hydrogen (secondary N) is 1. The van der Waals surface area contributed by atoms with Gasteiger partial charge in [-0.3, -0.25) is 0 Å². The lowest BCUT2D eigenvalue weighted by molar-refractivity contribution is 0.496. The third-order valence-corrected chi connectivity index (χ3v) is 3.30. The summed E-state index contributed by atoms with van der Waals surface area (Å²) in [5, 5.41) is 11.7. The maximum absolute atomic E-state index is 14.2. The number of aryl methyl sites for hydroxylation is 1. The second kappa shape index (κ2) is 6.81. The summed E-state index contributed by atoms with van der Waals surface area (Å²) in [7, 11) is 0. The molecule has 0 radical (unpaired) electrons. The summed E-state index contributed by atoms with van der Waals surface area (Å²) in [4.78, 5) is 0. The molecule has 0 aliphatic rings. The zero-order valence-corrected chi connectivity index (χ0v) is 12.4. The maximum Gasteiger partial charge on any atom is 0.129 e. The minimum atomic E-state index is -0.326. The molecule has 0 aliphatic carbocycles. The molecule has 0 aliphatic heterocycles. The van der Waals surface area contributed by atoms with E-state index in [-0.39, 0.29) is 11.9 Å². The summed E-state index contributed by atoms with van der Waals surface area (Å²) in [5.74, 6) is -0.326. The van der Waals surface area contributed by atoms with Crippen LogP contribution >= 0.6 is 11.6 Å². The number of halogens is 2. The van der Waals surface area contributed by atoms with Crippen LogP contribution in [-0.2, 0) is 6.54 Å². The van der Waals surface area contributed by atoms with Crippen LogP contribution in [0.15, 0.2) is 24.4 Å². The van der Waals surface area contributed by atoms with Gasteiger partial charge in [-0.15, -0.1) is 5.10 Å². The molecule has 1 aromatic heterocycles. The Morgan fingerprint density at radius 3 is 2.85 bits per heavy atom. The first-order valence-corrected chi connectivity index (χ1v) is 7.11. The van der Waals surface area contributed by atoms with Gasteiger partial charge in [0.05, 0.1) is 17.9 Å². The molecule has 1 atom stereocenters. The Bertz CT molecular complexity index is 570. The molecule has 1 heterocycles. The van der Waals surface area contributed by atoms with Crippen molar-refractivity contribution in [3.05, 3.63) is 46.5 Å². The second-order valence-electron chi connectivity index (χ2n) is 4.54. The molecule has 20 heavy (non-hydrogen) atoms. The van der Waals surface area contributed by atoms with Crippen molar-refractivity contribution in [3.63, 3.8) is 0 Å². The van der Waals surface area contributed by atoms with E-state index in [1.807, 2.05) is 6.92 Å². The molecule has 0 saturated carbocycles. The predicted octanol–water partition coefficient (Wildman–Crippen LogP) is 3.18. The number of hydrogen-bond donors (Lipinski definition) is 1. The first-order valence-electron chi connectivity index (χ1n) is 6.74. The van der Waals surface area contributed by atoms with Crippen molar-refractivity contribution < 1.29 is 4.39 Å². The van der Waals surface area contributed by atoms with Gasteiger partial charge in [0.15, 0.2) is 0 Å². The van der Waals surface area contributed by atoms with Crippen LogP contribution in [0.2, 0.25) is 5.02 Å². The van der Waals surface area contributed by atoms with E-state index in [0.717, 1.165) is 18.7 Å². The SMILES string of the molecule is CCCn1nncc1C(NCC)c1ccc(Cl)cc1F. The molecule has 0 bridgehead atoms. The lowest BCUT2D eigenvalue weighted by atomic mass is 10.0. The molecule has 2 aromatic rings. The Morgan fingerprint density at radius 2 is 2.20 bits per heavy atom. The van der Waals surface area contributed by atoms with E-state index in [4.69, 9.17) is 11.6 Å². The molecular formula is C14H18ClFN4. The molecule has 108 valence electrons. The first-order chi connectivity index (χ1) is 9.67. The van der Waals surface area contributed by atoms with Gasteiger partial charge in [-0.2, -0.15) is 0 Å². The Hall–Kier alpha value is -1.46. The average Bonchev–Trinajstić information content (AvgIpc) is 2.85. The van der Waals surface area contributed by atoms with E-state index < -0.39 is 0 Å².